The monoisotopic (exact) mass is 749 g/mol. The largest absolute Gasteiger partial charge is 1.00 e. The summed E-state index contributed by atoms with van der Waals surface area (Å²) >= 11 is 0.287. The van der Waals surface area contributed by atoms with E-state index in [4.69, 9.17) is 5.73 Å². The van der Waals surface area contributed by atoms with Crippen molar-refractivity contribution in [3.05, 3.63) is 66.2 Å². The Kier molecular flexibility index (Phi) is 15.9. The van der Waals surface area contributed by atoms with Gasteiger partial charge in [-0.3, -0.25) is 14.6 Å². The second-order valence-corrected chi connectivity index (χ2v) is 13.4. The van der Waals surface area contributed by atoms with E-state index < -0.39 is 53.7 Å². The number of phenolic OH excluding ortho intramolecular Hbond substituents is 1. The standard InChI is InChI=1S/C27H23N5O12S3.2Na/c1-15(34)42-10-11-46(37,38)20-8-6-19(7-9-20)30-32-26-22(47(39,40)41)13-17-12-21(45-44-43-36)25(27(35)23(17)24(26)28)31-29-18-4-2-16(14-33)3-5-18;;/h2-9,12-14,35-36H,10-11,28H2,1H3,(H,39,40,41);;/q;2*+1/p-2. The zero-order chi connectivity index (χ0) is 34.4. The fourth-order valence-corrected chi connectivity index (χ4v) is 6.22. The number of aromatic hydroxyl groups is 1. The van der Waals surface area contributed by atoms with Gasteiger partial charge in [0.05, 0.1) is 54.9 Å². The third-order valence-electron chi connectivity index (χ3n) is 6.15. The summed E-state index contributed by atoms with van der Waals surface area (Å²) in [4.78, 5) is 20.7. The van der Waals surface area contributed by atoms with Gasteiger partial charge in [-0.05, 0) is 66.0 Å². The minimum Gasteiger partial charge on any atom is -0.744 e. The van der Waals surface area contributed by atoms with Crippen LogP contribution in [0.5, 0.6) is 5.75 Å². The first-order valence-corrected chi connectivity index (χ1v) is 16.6. The summed E-state index contributed by atoms with van der Waals surface area (Å²) in [5, 5.41) is 40.5. The first-order chi connectivity index (χ1) is 22.2. The second-order valence-electron chi connectivity index (χ2n) is 9.24. The number of aldehydes is 1. The molecule has 0 fully saturated rings. The molecule has 0 aliphatic rings. The maximum absolute atomic E-state index is 12.5. The van der Waals surface area contributed by atoms with E-state index in [1.165, 1.54) is 54.6 Å². The molecule has 0 saturated carbocycles. The van der Waals surface area contributed by atoms with Crippen LogP contribution in [0, 0.1) is 0 Å². The summed E-state index contributed by atoms with van der Waals surface area (Å²) < 4.78 is 70.7. The Balaban J connectivity index is 0.00000417. The molecule has 0 spiro atoms. The summed E-state index contributed by atoms with van der Waals surface area (Å²) in [6, 6.07) is 12.8. The van der Waals surface area contributed by atoms with Crippen molar-refractivity contribution in [3.63, 3.8) is 0 Å². The molecule has 246 valence electrons. The van der Waals surface area contributed by atoms with E-state index in [0.717, 1.165) is 13.0 Å². The van der Waals surface area contributed by atoms with Crippen LogP contribution in [0.4, 0.5) is 28.4 Å². The Morgan fingerprint density at radius 3 is 2.04 bits per heavy atom. The number of nitrogens with two attached hydrogens (primary N) is 1. The summed E-state index contributed by atoms with van der Waals surface area (Å²) in [7, 11) is -9.08. The number of ether oxygens (including phenoxy) is 1. The molecule has 4 rings (SSSR count). The molecule has 49 heavy (non-hydrogen) atoms. The number of nitrogen functional groups attached to an aromatic ring is 1. The Labute approximate surface area is 327 Å². The molecule has 3 N–H and O–H groups in total. The molecule has 0 aromatic heterocycles. The quantitative estimate of drug-likeness (QED) is 0.0177. The molecule has 0 amide bonds. The van der Waals surface area contributed by atoms with Crippen molar-refractivity contribution in [1.82, 2.24) is 0 Å². The number of carbonyl (C=O) groups is 2. The maximum atomic E-state index is 12.5. The summed E-state index contributed by atoms with van der Waals surface area (Å²) in [5.74, 6) is -1.79. The molecule has 17 nitrogen and oxygen atoms in total. The molecule has 0 aliphatic carbocycles. The van der Waals surface area contributed by atoms with Gasteiger partial charge in [0.15, 0.2) is 15.6 Å². The molecular weight excluding hydrogens is 729 g/mol. The zero-order valence-electron chi connectivity index (χ0n) is 25.8. The van der Waals surface area contributed by atoms with Crippen LogP contribution in [0.15, 0.2) is 95.8 Å². The minimum absolute atomic E-state index is 0. The van der Waals surface area contributed by atoms with Gasteiger partial charge >= 0.3 is 65.1 Å². The predicted molar refractivity (Wildman–Crippen MR) is 161 cm³/mol. The number of azo groups is 2. The number of sulfone groups is 1. The van der Waals surface area contributed by atoms with Gasteiger partial charge in [-0.15, -0.1) is 10.2 Å². The van der Waals surface area contributed by atoms with Crippen molar-refractivity contribution < 1.29 is 115 Å². The van der Waals surface area contributed by atoms with E-state index in [1.54, 1.807) is 0 Å². The molecule has 0 aliphatic heterocycles. The number of benzene rings is 4. The molecule has 22 heteroatoms. The van der Waals surface area contributed by atoms with Crippen LogP contribution in [-0.4, -0.2) is 51.1 Å². The number of phenols is 1. The van der Waals surface area contributed by atoms with Gasteiger partial charge in [0.1, 0.15) is 34.4 Å². The number of esters is 1. The van der Waals surface area contributed by atoms with Gasteiger partial charge in [0.2, 0.25) is 0 Å². The Hall–Kier alpha value is -2.83. The van der Waals surface area contributed by atoms with E-state index in [2.05, 4.69) is 34.6 Å². The van der Waals surface area contributed by atoms with Crippen LogP contribution in [0.1, 0.15) is 17.3 Å². The Bertz CT molecular complexity index is 2120. The van der Waals surface area contributed by atoms with Gasteiger partial charge in [-0.1, -0.05) is 0 Å². The number of nitrogens with zero attached hydrogens (tertiary/aromatic N) is 4. The summed E-state index contributed by atoms with van der Waals surface area (Å²) in [6.45, 7) is 0.789. The van der Waals surface area contributed by atoms with Gasteiger partial charge in [0, 0.05) is 12.5 Å². The first kappa shape index (κ1) is 42.3. The van der Waals surface area contributed by atoms with Gasteiger partial charge in [-0.2, -0.15) is 14.6 Å². The maximum Gasteiger partial charge on any atom is 1.00 e. The van der Waals surface area contributed by atoms with Crippen LogP contribution in [0.25, 0.3) is 10.8 Å². The van der Waals surface area contributed by atoms with E-state index in [-0.39, 0.29) is 115 Å². The van der Waals surface area contributed by atoms with Gasteiger partial charge < -0.3 is 25.4 Å². The number of hydrogen-bond acceptors (Lipinski definition) is 18. The van der Waals surface area contributed by atoms with Crippen molar-refractivity contribution in [2.75, 3.05) is 18.1 Å². The Morgan fingerprint density at radius 1 is 0.939 bits per heavy atom. The zero-order valence-corrected chi connectivity index (χ0v) is 32.2. The third-order valence-corrected chi connectivity index (χ3v) is 9.31. The average molecular weight is 750 g/mol. The number of fused-ring (bicyclic) bond motifs is 1. The number of rotatable bonds is 13. The normalized spacial score (nSPS) is 11.7. The van der Waals surface area contributed by atoms with Crippen LogP contribution >= 0.6 is 12.0 Å². The third kappa shape index (κ3) is 10.8. The van der Waals surface area contributed by atoms with E-state index in [0.29, 0.717) is 11.8 Å². The fraction of sp³-hybridized carbons (Fsp3) is 0.111. The fourth-order valence-electron chi connectivity index (χ4n) is 3.98. The van der Waals surface area contributed by atoms with Crippen LogP contribution < -0.4 is 70.1 Å². The van der Waals surface area contributed by atoms with Crippen molar-refractivity contribution in [1.29, 1.82) is 0 Å². The van der Waals surface area contributed by atoms with E-state index in [1.807, 2.05) is 0 Å². The molecule has 0 atom stereocenters. The van der Waals surface area contributed by atoms with Crippen molar-refractivity contribution in [3.8, 4) is 5.75 Å². The van der Waals surface area contributed by atoms with E-state index in [9.17, 15) is 41.3 Å². The average Bonchev–Trinajstić information content (AvgIpc) is 3.02. The molecular formula is C27H21N5Na2O12S3. The van der Waals surface area contributed by atoms with Crippen molar-refractivity contribution in [2.24, 2.45) is 20.5 Å². The molecule has 4 aromatic carbocycles. The SMILES string of the molecule is CC(=O)OCCS(=O)(=O)c1ccc(N=Nc2c(S(=O)(=O)[O-])cc3cc(SOO[O-])c(N=Nc4ccc(C=O)cc4)c(O)c3c2N)cc1.[Na+].[Na+]. The molecule has 0 bridgehead atoms. The molecule has 0 radical (unpaired) electrons. The Morgan fingerprint density at radius 2 is 1.51 bits per heavy atom. The van der Waals surface area contributed by atoms with Crippen molar-refractivity contribution >= 4 is 83.5 Å². The first-order valence-electron chi connectivity index (χ1n) is 12.8. The van der Waals surface area contributed by atoms with Crippen LogP contribution in [0.2, 0.25) is 0 Å². The van der Waals surface area contributed by atoms with Crippen LogP contribution in [0.3, 0.4) is 0 Å². The predicted octanol–water partition coefficient (Wildman–Crippen LogP) is -1.75. The molecule has 0 heterocycles. The topological polar surface area (TPSA) is 272 Å². The smallest absolute Gasteiger partial charge is 0.744 e. The second kappa shape index (κ2) is 18.4. The van der Waals surface area contributed by atoms with E-state index >= 15 is 0 Å². The summed E-state index contributed by atoms with van der Waals surface area (Å²) in [5.41, 5.74) is 5.42. The number of anilines is 1. The summed E-state index contributed by atoms with van der Waals surface area (Å²) in [6.07, 6.45) is 0.620. The molecule has 0 saturated heterocycles. The van der Waals surface area contributed by atoms with Gasteiger partial charge in [-0.25, -0.2) is 16.8 Å². The number of carbonyl (C=O) groups excluding carboxylic acids is 2. The minimum atomic E-state index is -5.26. The van der Waals surface area contributed by atoms with Crippen molar-refractivity contribution in [2.45, 2.75) is 21.6 Å². The molecule has 0 unspecified atom stereocenters. The molecule has 4 aromatic rings. The number of hydrogen-bond donors (Lipinski definition) is 2. The van der Waals surface area contributed by atoms with Gasteiger partial charge in [0.25, 0.3) is 0 Å². The van der Waals surface area contributed by atoms with Crippen LogP contribution in [-0.2, 0) is 38.9 Å².